The molecule has 4 atom stereocenters. The molecular formula is C54H57N5O7S. The van der Waals surface area contributed by atoms with Gasteiger partial charge in [-0.1, -0.05) is 133 Å². The number of sulfonamides is 1. The molecule has 0 aromatic heterocycles. The highest BCUT2D eigenvalue weighted by Crippen LogP contribution is 2.40. The van der Waals surface area contributed by atoms with Crippen LogP contribution in [0.1, 0.15) is 65.0 Å². The molecule has 2 amide bonds. The van der Waals surface area contributed by atoms with E-state index in [4.69, 9.17) is 9.47 Å². The third-order valence-electron chi connectivity index (χ3n) is 13.3. The van der Waals surface area contributed by atoms with Crippen LogP contribution >= 0.6 is 0 Å². The van der Waals surface area contributed by atoms with Crippen molar-refractivity contribution in [3.05, 3.63) is 191 Å². The predicted octanol–water partition coefficient (Wildman–Crippen LogP) is 7.33. The largest absolute Gasteiger partial charge is 0.392 e. The van der Waals surface area contributed by atoms with Gasteiger partial charge in [0.25, 0.3) is 0 Å². The fourth-order valence-corrected chi connectivity index (χ4v) is 10.7. The molecule has 0 unspecified atom stereocenters. The van der Waals surface area contributed by atoms with Gasteiger partial charge in [0.2, 0.25) is 21.8 Å². The molecule has 0 aliphatic carbocycles. The summed E-state index contributed by atoms with van der Waals surface area (Å²) in [6.45, 7) is 4.78. The van der Waals surface area contributed by atoms with Gasteiger partial charge in [0.15, 0.2) is 6.29 Å². The van der Waals surface area contributed by atoms with Gasteiger partial charge in [-0.15, -0.1) is 0 Å². The van der Waals surface area contributed by atoms with E-state index < -0.39 is 33.8 Å². The summed E-state index contributed by atoms with van der Waals surface area (Å²) >= 11 is 0. The summed E-state index contributed by atoms with van der Waals surface area (Å²) < 4.78 is 42.9. The van der Waals surface area contributed by atoms with Crippen molar-refractivity contribution >= 4 is 27.5 Å². The molecule has 67 heavy (non-hydrogen) atoms. The van der Waals surface area contributed by atoms with Gasteiger partial charge >= 0.3 is 0 Å². The highest BCUT2D eigenvalue weighted by atomic mass is 32.2. The van der Waals surface area contributed by atoms with Gasteiger partial charge in [0, 0.05) is 43.9 Å². The fraction of sp³-hybridized carbons (Fsp3) is 0.296. The zero-order chi connectivity index (χ0) is 46.4. The number of aryl methyl sites for hydroxylation is 1. The number of hydrogen-bond acceptors (Lipinski definition) is 9. The molecule has 346 valence electrons. The van der Waals surface area contributed by atoms with Gasteiger partial charge < -0.3 is 35.0 Å². The lowest BCUT2D eigenvalue weighted by molar-refractivity contribution is -0.253. The van der Waals surface area contributed by atoms with Gasteiger partial charge in [-0.2, -0.15) is 4.72 Å². The fourth-order valence-electron chi connectivity index (χ4n) is 9.48. The van der Waals surface area contributed by atoms with E-state index in [1.807, 2.05) is 128 Å². The molecule has 0 radical (unpaired) electrons. The molecule has 3 aliphatic rings. The van der Waals surface area contributed by atoms with Crippen LogP contribution in [-0.4, -0.2) is 74.2 Å². The van der Waals surface area contributed by atoms with Crippen molar-refractivity contribution in [2.75, 3.05) is 31.2 Å². The number of aliphatic hydroxyl groups is 1. The Morgan fingerprint density at radius 1 is 0.776 bits per heavy atom. The smallest absolute Gasteiger partial charge is 0.247 e. The minimum absolute atomic E-state index is 0.0334. The second kappa shape index (κ2) is 20.4. The number of nitrogens with one attached hydrogen (secondary N) is 3. The van der Waals surface area contributed by atoms with Gasteiger partial charge in [0.05, 0.1) is 30.4 Å². The third-order valence-corrected chi connectivity index (χ3v) is 14.8. The Balaban J connectivity index is 0.869. The molecule has 6 aromatic carbocycles. The Kier molecular flexibility index (Phi) is 14.0. The number of benzene rings is 6. The Hall–Kier alpha value is -6.19. The molecule has 12 nitrogen and oxygen atoms in total. The first kappa shape index (κ1) is 45.9. The molecule has 6 aromatic rings. The number of hydrogen-bond donors (Lipinski definition) is 4. The van der Waals surface area contributed by atoms with Crippen LogP contribution in [0.15, 0.2) is 163 Å². The molecule has 0 bridgehead atoms. The van der Waals surface area contributed by atoms with Crippen LogP contribution in [0, 0.1) is 6.92 Å². The SMILES string of the molecule is Cc1ccc(S(=O)(=O)N[C@H](Cc2ccccc2)C(=O)NCc2cccc(-c3ccc([C@@H]4O[C@H](CN5CCC6(CC5)C(=O)NCN6c5ccccc5)C[C@H](c5ccc(CO)cc5)O4)cc3)c2)cc1. The predicted molar refractivity (Wildman–Crippen MR) is 258 cm³/mol. The van der Waals surface area contributed by atoms with Gasteiger partial charge in [-0.3, -0.25) is 9.59 Å². The van der Waals surface area contributed by atoms with E-state index in [2.05, 4.69) is 37.3 Å². The summed E-state index contributed by atoms with van der Waals surface area (Å²) in [5.74, 6) is -0.334. The number of rotatable bonds is 15. The zero-order valence-corrected chi connectivity index (χ0v) is 38.4. The van der Waals surface area contributed by atoms with E-state index in [1.54, 1.807) is 24.3 Å². The van der Waals surface area contributed by atoms with Crippen LogP contribution < -0.4 is 20.3 Å². The number of para-hydroxylation sites is 1. The Bertz CT molecular complexity index is 2730. The summed E-state index contributed by atoms with van der Waals surface area (Å²) in [6.07, 6.45) is 1.25. The second-order valence-electron chi connectivity index (χ2n) is 17.8. The van der Waals surface area contributed by atoms with Crippen LogP contribution in [0.2, 0.25) is 0 Å². The van der Waals surface area contributed by atoms with E-state index in [1.165, 1.54) is 0 Å². The van der Waals surface area contributed by atoms with E-state index >= 15 is 0 Å². The first-order valence-corrected chi connectivity index (χ1v) is 24.5. The number of carbonyl (C=O) groups excluding carboxylic acids is 2. The maximum atomic E-state index is 13.7. The minimum atomic E-state index is -3.98. The Labute approximate surface area is 393 Å². The minimum Gasteiger partial charge on any atom is -0.392 e. The average Bonchev–Trinajstić information content (AvgIpc) is 3.68. The standard InChI is InChI=1S/C54H57N5O7S/c1-38-15-25-48(26-16-38)67(63,64)57-49(32-39-9-4-2-5-10-39)51(61)55-34-41-11-8-12-45(31-41)42-21-23-44(24-22-42)52-65-47(33-50(66-52)43-19-17-40(36-60)18-20-43)35-58-29-27-54(28-30-58)53(62)56-37-59(54)46-13-6-3-7-14-46/h2-26,31,47,49-50,52,57,60H,27-30,32-37H2,1H3,(H,55,61)(H,56,62)/t47-,49+,50+,52+/m0/s1. The van der Waals surface area contributed by atoms with E-state index in [0.29, 0.717) is 32.5 Å². The number of amides is 2. The summed E-state index contributed by atoms with van der Waals surface area (Å²) in [7, 11) is -3.98. The quantitative estimate of drug-likeness (QED) is 0.0831. The normalized spacial score (nSPS) is 20.1. The number of aliphatic hydroxyl groups excluding tert-OH is 1. The first-order valence-electron chi connectivity index (χ1n) is 23.0. The van der Waals surface area contributed by atoms with Crippen molar-refractivity contribution in [3.8, 4) is 11.1 Å². The monoisotopic (exact) mass is 919 g/mol. The van der Waals surface area contributed by atoms with E-state index in [0.717, 1.165) is 63.3 Å². The van der Waals surface area contributed by atoms with Gasteiger partial charge in [-0.05, 0) is 89.9 Å². The molecular weight excluding hydrogens is 863 g/mol. The van der Waals surface area contributed by atoms with Crippen molar-refractivity contribution in [1.29, 1.82) is 0 Å². The molecule has 9 rings (SSSR count). The first-order chi connectivity index (χ1) is 32.5. The number of carbonyl (C=O) groups is 2. The summed E-state index contributed by atoms with van der Waals surface area (Å²) in [5.41, 5.74) is 7.76. The lowest BCUT2D eigenvalue weighted by Crippen LogP contribution is -2.57. The number of anilines is 1. The molecule has 3 aliphatic heterocycles. The zero-order valence-electron chi connectivity index (χ0n) is 37.6. The number of piperidine rings is 1. The third kappa shape index (κ3) is 10.7. The van der Waals surface area contributed by atoms with Crippen LogP contribution in [0.3, 0.4) is 0 Å². The highest BCUT2D eigenvalue weighted by Gasteiger charge is 2.50. The highest BCUT2D eigenvalue weighted by molar-refractivity contribution is 7.89. The molecule has 4 N–H and O–H groups in total. The Morgan fingerprint density at radius 2 is 1.45 bits per heavy atom. The summed E-state index contributed by atoms with van der Waals surface area (Å²) in [6, 6.07) is 49.0. The molecule has 3 fully saturated rings. The molecule has 0 saturated carbocycles. The van der Waals surface area contributed by atoms with Crippen molar-refractivity contribution in [2.24, 2.45) is 0 Å². The van der Waals surface area contributed by atoms with Crippen molar-refractivity contribution in [3.63, 3.8) is 0 Å². The molecule has 1 spiro atoms. The van der Waals surface area contributed by atoms with Gasteiger partial charge in [0.1, 0.15) is 11.6 Å². The maximum absolute atomic E-state index is 13.7. The maximum Gasteiger partial charge on any atom is 0.247 e. The molecule has 13 heteroatoms. The molecule has 3 saturated heterocycles. The van der Waals surface area contributed by atoms with Crippen LogP contribution in [-0.2, 0) is 48.7 Å². The van der Waals surface area contributed by atoms with E-state index in [9.17, 15) is 23.1 Å². The number of ether oxygens (including phenoxy) is 2. The van der Waals surface area contributed by atoms with E-state index in [-0.39, 0.29) is 42.6 Å². The lowest BCUT2D eigenvalue weighted by Gasteiger charge is -2.45. The van der Waals surface area contributed by atoms with Crippen molar-refractivity contribution in [2.45, 2.75) is 80.7 Å². The number of likely N-dealkylation sites (tertiary alicyclic amines) is 1. The van der Waals surface area contributed by atoms with Crippen molar-refractivity contribution < 1.29 is 32.6 Å². The topological polar surface area (TPSA) is 150 Å². The van der Waals surface area contributed by atoms with Gasteiger partial charge in [-0.25, -0.2) is 8.42 Å². The van der Waals surface area contributed by atoms with Crippen LogP contribution in [0.25, 0.3) is 11.1 Å². The van der Waals surface area contributed by atoms with Crippen LogP contribution in [0.4, 0.5) is 5.69 Å². The summed E-state index contributed by atoms with van der Waals surface area (Å²) in [5, 5.41) is 15.8. The van der Waals surface area contributed by atoms with Crippen molar-refractivity contribution in [1.82, 2.24) is 20.3 Å². The Morgan fingerprint density at radius 3 is 2.15 bits per heavy atom. The lowest BCUT2D eigenvalue weighted by atomic mass is 9.85. The number of nitrogens with zero attached hydrogens (tertiary/aromatic N) is 2. The molecule has 3 heterocycles. The second-order valence-corrected chi connectivity index (χ2v) is 19.5. The average molecular weight is 920 g/mol. The van der Waals surface area contributed by atoms with Crippen LogP contribution in [0.5, 0.6) is 0 Å². The summed E-state index contributed by atoms with van der Waals surface area (Å²) in [4.78, 5) is 31.8.